The highest BCUT2D eigenvalue weighted by Gasteiger charge is 2.24. The van der Waals surface area contributed by atoms with Gasteiger partial charge in [-0.1, -0.05) is 26.0 Å². The first-order valence-corrected chi connectivity index (χ1v) is 9.81. The highest BCUT2D eigenvalue weighted by molar-refractivity contribution is 5.79. The summed E-state index contributed by atoms with van der Waals surface area (Å²) in [5.41, 5.74) is 1.23. The van der Waals surface area contributed by atoms with E-state index in [0.29, 0.717) is 11.6 Å². The maximum atomic E-state index is 13.1. The lowest BCUT2D eigenvalue weighted by Gasteiger charge is -2.15. The molecule has 2 heterocycles. The Bertz CT molecular complexity index is 1150. The summed E-state index contributed by atoms with van der Waals surface area (Å²) in [7, 11) is 0. The van der Waals surface area contributed by atoms with Crippen LogP contribution in [0.3, 0.4) is 0 Å². The predicted octanol–water partition coefficient (Wildman–Crippen LogP) is 2.62. The summed E-state index contributed by atoms with van der Waals surface area (Å²) in [5, 5.41) is 0. The van der Waals surface area contributed by atoms with Gasteiger partial charge in [-0.2, -0.15) is 0 Å². The lowest BCUT2D eigenvalue weighted by atomic mass is 10.0. The first-order valence-electron chi connectivity index (χ1n) is 9.81. The van der Waals surface area contributed by atoms with Gasteiger partial charge in [0.25, 0.3) is 5.56 Å². The van der Waals surface area contributed by atoms with Gasteiger partial charge in [0.05, 0.1) is 18.6 Å². The van der Waals surface area contributed by atoms with Gasteiger partial charge in [0.1, 0.15) is 6.04 Å². The number of aromatic nitrogens is 4. The van der Waals surface area contributed by atoms with Crippen molar-refractivity contribution in [3.63, 3.8) is 0 Å². The molecule has 0 amide bonds. The Morgan fingerprint density at radius 1 is 1.10 bits per heavy atom. The minimum absolute atomic E-state index is 0.194. The van der Waals surface area contributed by atoms with Gasteiger partial charge < -0.3 is 9.30 Å². The second-order valence-corrected chi connectivity index (χ2v) is 7.17. The van der Waals surface area contributed by atoms with Crippen LogP contribution in [0.15, 0.2) is 40.2 Å². The van der Waals surface area contributed by atoms with E-state index in [1.165, 1.54) is 15.5 Å². The van der Waals surface area contributed by atoms with Crippen LogP contribution in [-0.4, -0.2) is 31.3 Å². The van der Waals surface area contributed by atoms with E-state index >= 15 is 0 Å². The molecule has 0 aliphatic heterocycles. The van der Waals surface area contributed by atoms with Gasteiger partial charge in [0.15, 0.2) is 11.2 Å². The summed E-state index contributed by atoms with van der Waals surface area (Å²) in [6, 6.07) is 6.85. The lowest BCUT2D eigenvalue weighted by molar-refractivity contribution is -0.146. The van der Waals surface area contributed by atoms with Gasteiger partial charge >= 0.3 is 11.7 Å². The molecule has 3 rings (SSSR count). The Hall–Kier alpha value is -3.16. The van der Waals surface area contributed by atoms with Gasteiger partial charge in [-0.3, -0.25) is 9.36 Å². The van der Waals surface area contributed by atoms with Crippen LogP contribution < -0.4 is 11.2 Å². The van der Waals surface area contributed by atoms with Crippen molar-refractivity contribution in [2.45, 2.75) is 53.1 Å². The monoisotopic (exact) mass is 398 g/mol. The van der Waals surface area contributed by atoms with E-state index in [-0.39, 0.29) is 24.3 Å². The summed E-state index contributed by atoms with van der Waals surface area (Å²) < 4.78 is 9.12. The molecule has 0 aliphatic carbocycles. The first-order chi connectivity index (χ1) is 13.8. The van der Waals surface area contributed by atoms with E-state index in [0.717, 1.165) is 10.1 Å². The van der Waals surface area contributed by atoms with Gasteiger partial charge in [0, 0.05) is 6.54 Å². The van der Waals surface area contributed by atoms with Gasteiger partial charge in [0.2, 0.25) is 0 Å². The fourth-order valence-corrected chi connectivity index (χ4v) is 3.34. The zero-order chi connectivity index (χ0) is 21.3. The molecule has 154 valence electrons. The second-order valence-electron chi connectivity index (χ2n) is 7.17. The smallest absolute Gasteiger partial charge is 0.337 e. The number of esters is 1. The molecular weight excluding hydrogens is 372 g/mol. The zero-order valence-electron chi connectivity index (χ0n) is 17.4. The Morgan fingerprint density at radius 2 is 1.76 bits per heavy atom. The van der Waals surface area contributed by atoms with E-state index in [9.17, 15) is 14.4 Å². The summed E-state index contributed by atoms with van der Waals surface area (Å²) >= 11 is 0. The molecule has 8 nitrogen and oxygen atoms in total. The largest absolute Gasteiger partial charge is 0.464 e. The highest BCUT2D eigenvalue weighted by Crippen LogP contribution is 2.20. The third-order valence-electron chi connectivity index (χ3n) is 5.04. The van der Waals surface area contributed by atoms with E-state index in [4.69, 9.17) is 4.74 Å². The van der Waals surface area contributed by atoms with Crippen LogP contribution in [0.5, 0.6) is 0 Å². The number of fused-ring (bicyclic) bond motifs is 1. The molecule has 1 atom stereocenters. The molecule has 0 fully saturated rings. The van der Waals surface area contributed by atoms with Gasteiger partial charge in [-0.05, 0) is 44.4 Å². The molecule has 2 aromatic heterocycles. The summed E-state index contributed by atoms with van der Waals surface area (Å²) in [5.74, 6) is -0.108. The molecule has 29 heavy (non-hydrogen) atoms. The van der Waals surface area contributed by atoms with Crippen molar-refractivity contribution in [1.29, 1.82) is 0 Å². The zero-order valence-corrected chi connectivity index (χ0v) is 17.4. The lowest BCUT2D eigenvalue weighted by Crippen LogP contribution is -2.40. The number of carbonyl (C=O) groups excluding carboxylic acids is 1. The van der Waals surface area contributed by atoms with Crippen molar-refractivity contribution in [2.24, 2.45) is 0 Å². The standard InChI is InChI=1S/C21H26N4O4/c1-6-23-19(26)17-18(22-12-24(17)14(5)20(27)29-7-2)25(21(23)28)16-10-8-15(9-11-16)13(3)4/h8-14H,6-7H2,1-5H3. The number of hydrogen-bond acceptors (Lipinski definition) is 5. The summed E-state index contributed by atoms with van der Waals surface area (Å²) in [6.45, 7) is 9.72. The normalized spacial score (nSPS) is 12.5. The van der Waals surface area contributed by atoms with Crippen LogP contribution in [0.4, 0.5) is 0 Å². The molecule has 0 spiro atoms. The van der Waals surface area contributed by atoms with Crippen molar-refractivity contribution in [3.8, 4) is 5.69 Å². The predicted molar refractivity (Wildman–Crippen MR) is 111 cm³/mol. The molecule has 0 aliphatic rings. The van der Waals surface area contributed by atoms with Gasteiger partial charge in [-0.15, -0.1) is 0 Å². The molecule has 1 aromatic carbocycles. The van der Waals surface area contributed by atoms with Crippen molar-refractivity contribution < 1.29 is 9.53 Å². The summed E-state index contributed by atoms with van der Waals surface area (Å²) in [4.78, 5) is 42.6. The van der Waals surface area contributed by atoms with Crippen molar-refractivity contribution in [3.05, 3.63) is 57.0 Å². The maximum Gasteiger partial charge on any atom is 0.337 e. The molecular formula is C21H26N4O4. The van der Waals surface area contributed by atoms with Crippen molar-refractivity contribution >= 4 is 17.1 Å². The molecule has 0 N–H and O–H groups in total. The van der Waals surface area contributed by atoms with E-state index < -0.39 is 23.3 Å². The first kappa shape index (κ1) is 20.6. The van der Waals surface area contributed by atoms with E-state index in [1.54, 1.807) is 20.8 Å². The fraction of sp³-hybridized carbons (Fsp3) is 0.429. The summed E-state index contributed by atoms with van der Waals surface area (Å²) in [6.07, 6.45) is 1.41. The van der Waals surface area contributed by atoms with E-state index in [1.807, 2.05) is 24.3 Å². The van der Waals surface area contributed by atoms with Crippen LogP contribution in [0.2, 0.25) is 0 Å². The molecule has 1 unspecified atom stereocenters. The molecule has 0 bridgehead atoms. The number of benzene rings is 1. The number of rotatable bonds is 6. The number of carbonyl (C=O) groups is 1. The number of ether oxygens (including phenoxy) is 1. The third kappa shape index (κ3) is 3.50. The van der Waals surface area contributed by atoms with Crippen LogP contribution in [-0.2, 0) is 16.1 Å². The Kier molecular flexibility index (Phi) is 5.72. The minimum Gasteiger partial charge on any atom is -0.464 e. The molecule has 0 radical (unpaired) electrons. The quantitative estimate of drug-likeness (QED) is 0.596. The number of nitrogens with zero attached hydrogens (tertiary/aromatic N) is 4. The van der Waals surface area contributed by atoms with Crippen LogP contribution in [0.1, 0.15) is 52.1 Å². The second kappa shape index (κ2) is 8.06. The SMILES string of the molecule is CCOC(=O)C(C)n1cnc2c1c(=O)n(CC)c(=O)n2-c1ccc(C(C)C)cc1. The molecule has 3 aromatic rings. The molecule has 0 saturated carbocycles. The van der Waals surface area contributed by atoms with Crippen LogP contribution >= 0.6 is 0 Å². The Balaban J connectivity index is 2.30. The molecule has 8 heteroatoms. The average Bonchev–Trinajstić information content (AvgIpc) is 3.13. The number of hydrogen-bond donors (Lipinski definition) is 0. The molecule has 0 saturated heterocycles. The number of imidazole rings is 1. The average molecular weight is 398 g/mol. The van der Waals surface area contributed by atoms with E-state index in [2.05, 4.69) is 18.8 Å². The van der Waals surface area contributed by atoms with Crippen LogP contribution in [0, 0.1) is 0 Å². The Morgan fingerprint density at radius 3 is 2.31 bits per heavy atom. The van der Waals surface area contributed by atoms with Gasteiger partial charge in [-0.25, -0.2) is 19.1 Å². The Labute approximate surface area is 168 Å². The highest BCUT2D eigenvalue weighted by atomic mass is 16.5. The fourth-order valence-electron chi connectivity index (χ4n) is 3.34. The minimum atomic E-state index is -0.743. The van der Waals surface area contributed by atoms with Crippen molar-refractivity contribution in [2.75, 3.05) is 6.61 Å². The topological polar surface area (TPSA) is 88.1 Å². The van der Waals surface area contributed by atoms with Crippen molar-refractivity contribution in [1.82, 2.24) is 18.7 Å². The maximum absolute atomic E-state index is 13.1. The van der Waals surface area contributed by atoms with Crippen LogP contribution in [0.25, 0.3) is 16.9 Å². The third-order valence-corrected chi connectivity index (χ3v) is 5.04.